The molecule has 24 heavy (non-hydrogen) atoms. The number of carboxylic acids is 1. The van der Waals surface area contributed by atoms with Crippen LogP contribution in [0.2, 0.25) is 5.02 Å². The minimum absolute atomic E-state index is 0.289. The van der Waals surface area contributed by atoms with Crippen LogP contribution in [0.25, 0.3) is 0 Å². The third kappa shape index (κ3) is 7.82. The van der Waals surface area contributed by atoms with Crippen LogP contribution in [0.1, 0.15) is 31.7 Å². The molecule has 0 aliphatic heterocycles. The van der Waals surface area contributed by atoms with Gasteiger partial charge in [0.1, 0.15) is 6.04 Å². The number of carbonyl (C=O) groups excluding carboxylic acids is 2. The van der Waals surface area contributed by atoms with Gasteiger partial charge >= 0.3 is 12.0 Å². The first kappa shape index (κ1) is 19.8. The maximum absolute atomic E-state index is 11.7. The van der Waals surface area contributed by atoms with E-state index in [0.717, 1.165) is 12.0 Å². The number of hydrogen-bond acceptors (Lipinski definition) is 3. The number of urea groups is 1. The zero-order chi connectivity index (χ0) is 17.9. The van der Waals surface area contributed by atoms with Crippen LogP contribution >= 0.6 is 11.6 Å². The fourth-order valence-electron chi connectivity index (χ4n) is 1.92. The lowest BCUT2D eigenvalue weighted by Gasteiger charge is -2.14. The molecule has 0 saturated heterocycles. The Hall–Kier alpha value is -2.28. The lowest BCUT2D eigenvalue weighted by molar-refractivity contribution is -0.141. The smallest absolute Gasteiger partial charge is 0.326 e. The van der Waals surface area contributed by atoms with Gasteiger partial charge in [0, 0.05) is 11.6 Å². The summed E-state index contributed by atoms with van der Waals surface area (Å²) in [6.45, 7) is 1.94. The van der Waals surface area contributed by atoms with Crippen molar-refractivity contribution in [3.05, 3.63) is 34.9 Å². The van der Waals surface area contributed by atoms with E-state index in [4.69, 9.17) is 16.7 Å². The van der Waals surface area contributed by atoms with Crippen molar-refractivity contribution in [1.29, 1.82) is 0 Å². The van der Waals surface area contributed by atoms with Crippen molar-refractivity contribution in [2.24, 2.45) is 0 Å². The highest BCUT2D eigenvalue weighted by Gasteiger charge is 2.19. The largest absolute Gasteiger partial charge is 0.480 e. The number of unbranched alkanes of at least 4 members (excludes halogenated alkanes) is 1. The zero-order valence-corrected chi connectivity index (χ0v) is 14.2. The van der Waals surface area contributed by atoms with E-state index in [-0.39, 0.29) is 6.54 Å². The number of halogens is 1. The number of rotatable bonds is 9. The first-order valence-electron chi connectivity index (χ1n) is 7.70. The Labute approximate surface area is 145 Å². The van der Waals surface area contributed by atoms with Crippen molar-refractivity contribution >= 4 is 29.5 Å². The van der Waals surface area contributed by atoms with E-state index < -0.39 is 23.9 Å². The number of carbonyl (C=O) groups is 3. The van der Waals surface area contributed by atoms with Crippen molar-refractivity contribution in [3.8, 4) is 0 Å². The van der Waals surface area contributed by atoms with Crippen LogP contribution in [0.3, 0.4) is 0 Å². The third-order valence-electron chi connectivity index (χ3n) is 3.26. The number of nitrogens with one attached hydrogen (secondary N) is 3. The minimum atomic E-state index is -1.08. The SMILES string of the molecule is CCCCC(NC(=O)CNC(=O)NCc1ccc(Cl)cc1)C(=O)O. The fraction of sp³-hybridized carbons (Fsp3) is 0.438. The second kappa shape index (κ2) is 10.5. The molecule has 4 N–H and O–H groups in total. The lowest BCUT2D eigenvalue weighted by Crippen LogP contribution is -2.47. The van der Waals surface area contributed by atoms with Crippen molar-refractivity contribution in [3.63, 3.8) is 0 Å². The predicted octanol–water partition coefficient (Wildman–Crippen LogP) is 1.90. The number of amides is 3. The molecule has 0 heterocycles. The van der Waals surface area contributed by atoms with Crippen LogP contribution in [0.5, 0.6) is 0 Å². The van der Waals surface area contributed by atoms with Crippen molar-refractivity contribution < 1.29 is 19.5 Å². The molecule has 1 atom stereocenters. The quantitative estimate of drug-likeness (QED) is 0.542. The van der Waals surface area contributed by atoms with E-state index in [2.05, 4.69) is 16.0 Å². The average molecular weight is 356 g/mol. The van der Waals surface area contributed by atoms with Gasteiger partial charge in [-0.15, -0.1) is 0 Å². The number of carboxylic acid groups (broad SMARTS) is 1. The van der Waals surface area contributed by atoms with Gasteiger partial charge in [-0.2, -0.15) is 0 Å². The molecule has 1 aromatic rings. The van der Waals surface area contributed by atoms with Crippen LogP contribution < -0.4 is 16.0 Å². The molecule has 1 unspecified atom stereocenters. The molecule has 0 saturated carbocycles. The molecule has 0 spiro atoms. The molecule has 0 radical (unpaired) electrons. The van der Waals surface area contributed by atoms with Gasteiger partial charge in [0.25, 0.3) is 0 Å². The molecule has 132 valence electrons. The highest BCUT2D eigenvalue weighted by molar-refractivity contribution is 6.30. The van der Waals surface area contributed by atoms with E-state index in [0.29, 0.717) is 24.4 Å². The molecular weight excluding hydrogens is 334 g/mol. The summed E-state index contributed by atoms with van der Waals surface area (Å²) in [7, 11) is 0. The van der Waals surface area contributed by atoms with Gasteiger partial charge < -0.3 is 21.1 Å². The third-order valence-corrected chi connectivity index (χ3v) is 3.51. The van der Waals surface area contributed by atoms with Crippen molar-refractivity contribution in [2.75, 3.05) is 6.54 Å². The van der Waals surface area contributed by atoms with Crippen LogP contribution in [0.15, 0.2) is 24.3 Å². The van der Waals surface area contributed by atoms with Crippen LogP contribution in [-0.2, 0) is 16.1 Å². The number of aliphatic carboxylic acids is 1. The van der Waals surface area contributed by atoms with Gasteiger partial charge in [0.15, 0.2) is 0 Å². The highest BCUT2D eigenvalue weighted by atomic mass is 35.5. The summed E-state index contributed by atoms with van der Waals surface area (Å²) in [4.78, 5) is 34.4. The molecule has 0 bridgehead atoms. The summed E-state index contributed by atoms with van der Waals surface area (Å²) in [6.07, 6.45) is 1.90. The summed E-state index contributed by atoms with van der Waals surface area (Å²) >= 11 is 5.77. The Balaban J connectivity index is 2.30. The summed E-state index contributed by atoms with van der Waals surface area (Å²) in [5.74, 6) is -1.62. The highest BCUT2D eigenvalue weighted by Crippen LogP contribution is 2.08. The van der Waals surface area contributed by atoms with Crippen LogP contribution in [0.4, 0.5) is 4.79 Å². The molecule has 8 heteroatoms. The lowest BCUT2D eigenvalue weighted by atomic mass is 10.1. The summed E-state index contributed by atoms with van der Waals surface area (Å²) in [5, 5.41) is 17.0. The monoisotopic (exact) mass is 355 g/mol. The second-order valence-corrected chi connectivity index (χ2v) is 5.70. The summed E-state index contributed by atoms with van der Waals surface area (Å²) in [6, 6.07) is 5.54. The summed E-state index contributed by atoms with van der Waals surface area (Å²) < 4.78 is 0. The summed E-state index contributed by atoms with van der Waals surface area (Å²) in [5.41, 5.74) is 0.865. The first-order chi connectivity index (χ1) is 11.4. The molecule has 3 amide bonds. The minimum Gasteiger partial charge on any atom is -0.480 e. The van der Waals surface area contributed by atoms with Crippen molar-refractivity contribution in [2.45, 2.75) is 38.8 Å². The molecule has 1 aromatic carbocycles. The Bertz CT molecular complexity index is 563. The molecule has 0 aliphatic carbocycles. The van der Waals surface area contributed by atoms with Gasteiger partial charge in [-0.25, -0.2) is 9.59 Å². The molecular formula is C16H22ClN3O4. The molecule has 0 aliphatic rings. The molecule has 7 nitrogen and oxygen atoms in total. The average Bonchev–Trinajstić information content (AvgIpc) is 2.56. The van der Waals surface area contributed by atoms with E-state index in [1.165, 1.54) is 0 Å². The van der Waals surface area contributed by atoms with Gasteiger partial charge in [-0.05, 0) is 24.1 Å². The standard InChI is InChI=1S/C16H22ClN3O4/c1-2-3-4-13(15(22)23)20-14(21)10-19-16(24)18-9-11-5-7-12(17)8-6-11/h5-8,13H,2-4,9-10H2,1H3,(H,20,21)(H,22,23)(H2,18,19,24). The van der Waals surface area contributed by atoms with Gasteiger partial charge in [0.2, 0.25) is 5.91 Å². The molecule has 1 rings (SSSR count). The Morgan fingerprint density at radius 3 is 2.42 bits per heavy atom. The van der Waals surface area contributed by atoms with Gasteiger partial charge in [-0.1, -0.05) is 43.5 Å². The molecule has 0 fully saturated rings. The number of hydrogen-bond donors (Lipinski definition) is 4. The Morgan fingerprint density at radius 2 is 1.83 bits per heavy atom. The number of benzene rings is 1. The fourth-order valence-corrected chi connectivity index (χ4v) is 2.04. The molecule has 0 aromatic heterocycles. The maximum atomic E-state index is 11.7. The zero-order valence-electron chi connectivity index (χ0n) is 13.5. The Morgan fingerprint density at radius 1 is 1.17 bits per heavy atom. The van der Waals surface area contributed by atoms with Crippen LogP contribution in [-0.4, -0.2) is 35.6 Å². The van der Waals surface area contributed by atoms with E-state index in [1.54, 1.807) is 24.3 Å². The first-order valence-corrected chi connectivity index (χ1v) is 8.08. The Kier molecular flexibility index (Phi) is 8.64. The second-order valence-electron chi connectivity index (χ2n) is 5.26. The topological polar surface area (TPSA) is 108 Å². The van der Waals surface area contributed by atoms with E-state index in [1.807, 2.05) is 6.92 Å². The van der Waals surface area contributed by atoms with Gasteiger partial charge in [0.05, 0.1) is 6.54 Å². The van der Waals surface area contributed by atoms with E-state index >= 15 is 0 Å². The van der Waals surface area contributed by atoms with Gasteiger partial charge in [-0.3, -0.25) is 4.79 Å². The van der Waals surface area contributed by atoms with Crippen LogP contribution in [0, 0.1) is 0 Å². The predicted molar refractivity (Wildman–Crippen MR) is 90.8 cm³/mol. The van der Waals surface area contributed by atoms with Crippen molar-refractivity contribution in [1.82, 2.24) is 16.0 Å². The van der Waals surface area contributed by atoms with E-state index in [9.17, 15) is 14.4 Å². The maximum Gasteiger partial charge on any atom is 0.326 e. The normalized spacial score (nSPS) is 11.4.